The second-order valence-electron chi connectivity index (χ2n) is 5.09. The maximum atomic E-state index is 12.0. The number of esters is 1. The van der Waals surface area contributed by atoms with Crippen molar-refractivity contribution in [1.82, 2.24) is 4.90 Å². The highest BCUT2D eigenvalue weighted by molar-refractivity contribution is 5.70. The summed E-state index contributed by atoms with van der Waals surface area (Å²) in [5.41, 5.74) is 0.955. The first-order valence-corrected chi connectivity index (χ1v) is 7.34. The van der Waals surface area contributed by atoms with Gasteiger partial charge in [0.1, 0.15) is 12.7 Å². The fourth-order valence-corrected chi connectivity index (χ4v) is 2.28. The summed E-state index contributed by atoms with van der Waals surface area (Å²) < 4.78 is 10.6. The van der Waals surface area contributed by atoms with E-state index in [4.69, 9.17) is 9.47 Å². The summed E-state index contributed by atoms with van der Waals surface area (Å²) >= 11 is 0. The van der Waals surface area contributed by atoms with Gasteiger partial charge in [-0.25, -0.2) is 4.79 Å². The first-order valence-electron chi connectivity index (χ1n) is 7.34. The molecule has 1 aromatic rings. The highest BCUT2D eigenvalue weighted by atomic mass is 16.6. The van der Waals surface area contributed by atoms with Crippen LogP contribution in [0.5, 0.6) is 0 Å². The largest absolute Gasteiger partial charge is 0.460 e. The van der Waals surface area contributed by atoms with E-state index in [1.807, 2.05) is 30.3 Å². The van der Waals surface area contributed by atoms with Crippen LogP contribution in [0.25, 0.3) is 0 Å². The number of carbonyl (C=O) groups is 2. The van der Waals surface area contributed by atoms with E-state index in [1.54, 1.807) is 11.8 Å². The molecule has 0 spiro atoms. The number of benzene rings is 1. The van der Waals surface area contributed by atoms with Crippen LogP contribution >= 0.6 is 0 Å². The Kier molecular flexibility index (Phi) is 5.60. The quantitative estimate of drug-likeness (QED) is 0.800. The molecule has 114 valence electrons. The summed E-state index contributed by atoms with van der Waals surface area (Å²) in [4.78, 5) is 25.0. The smallest absolute Gasteiger partial charge is 0.410 e. The predicted molar refractivity (Wildman–Crippen MR) is 77.6 cm³/mol. The number of carbonyl (C=O) groups excluding carboxylic acids is 2. The molecule has 1 aromatic carbocycles. The highest BCUT2D eigenvalue weighted by Gasteiger charge is 2.26. The molecule has 21 heavy (non-hydrogen) atoms. The number of hydrogen-bond donors (Lipinski definition) is 0. The third-order valence-corrected chi connectivity index (χ3v) is 3.43. The molecule has 1 aliphatic rings. The van der Waals surface area contributed by atoms with Crippen LogP contribution in [0, 0.1) is 0 Å². The van der Waals surface area contributed by atoms with Crippen LogP contribution in [0.4, 0.5) is 4.79 Å². The molecule has 0 N–H and O–H groups in total. The minimum Gasteiger partial charge on any atom is -0.460 e. The molecule has 0 aliphatic carbocycles. The lowest BCUT2D eigenvalue weighted by Gasteiger charge is -2.31. The molecule has 1 amide bonds. The summed E-state index contributed by atoms with van der Waals surface area (Å²) in [6.45, 7) is 3.08. The Morgan fingerprint density at radius 2 is 2.05 bits per heavy atom. The number of rotatable bonds is 4. The van der Waals surface area contributed by atoms with E-state index in [-0.39, 0.29) is 24.8 Å². The molecule has 1 heterocycles. The molecule has 0 saturated carbocycles. The fraction of sp³-hybridized carbons (Fsp3) is 0.500. The third kappa shape index (κ3) is 4.77. The van der Waals surface area contributed by atoms with E-state index in [2.05, 4.69) is 0 Å². The Morgan fingerprint density at radius 1 is 1.29 bits per heavy atom. The highest BCUT2D eigenvalue weighted by Crippen LogP contribution is 2.15. The second kappa shape index (κ2) is 7.67. The third-order valence-electron chi connectivity index (χ3n) is 3.43. The van der Waals surface area contributed by atoms with Crippen LogP contribution in [0.2, 0.25) is 0 Å². The molecule has 1 unspecified atom stereocenters. The van der Waals surface area contributed by atoms with Crippen molar-refractivity contribution in [2.24, 2.45) is 0 Å². The van der Waals surface area contributed by atoms with Gasteiger partial charge in [-0.15, -0.1) is 0 Å². The van der Waals surface area contributed by atoms with Crippen LogP contribution < -0.4 is 0 Å². The predicted octanol–water partition coefficient (Wildman–Crippen LogP) is 2.74. The number of ether oxygens (including phenoxy) is 2. The van der Waals surface area contributed by atoms with Gasteiger partial charge >= 0.3 is 12.1 Å². The van der Waals surface area contributed by atoms with Gasteiger partial charge in [0.2, 0.25) is 0 Å². The van der Waals surface area contributed by atoms with Crippen LogP contribution in [0.3, 0.4) is 0 Å². The maximum absolute atomic E-state index is 12.0. The summed E-state index contributed by atoms with van der Waals surface area (Å²) in [5, 5.41) is 0. The number of amides is 1. The van der Waals surface area contributed by atoms with Gasteiger partial charge in [-0.2, -0.15) is 0 Å². The number of likely N-dealkylation sites (tertiary alicyclic amines) is 1. The molecule has 1 fully saturated rings. The lowest BCUT2D eigenvalue weighted by Crippen LogP contribution is -2.44. The van der Waals surface area contributed by atoms with Crippen LogP contribution in [-0.2, 0) is 20.9 Å². The molecule has 5 nitrogen and oxygen atoms in total. The fourth-order valence-electron chi connectivity index (χ4n) is 2.28. The number of nitrogens with zero attached hydrogens (tertiary/aromatic N) is 1. The first-order chi connectivity index (χ1) is 10.2. The van der Waals surface area contributed by atoms with E-state index >= 15 is 0 Å². The Labute approximate surface area is 124 Å². The van der Waals surface area contributed by atoms with Crippen molar-refractivity contribution in [3.05, 3.63) is 35.9 Å². The summed E-state index contributed by atoms with van der Waals surface area (Å²) in [6, 6.07) is 9.56. The van der Waals surface area contributed by atoms with Crippen LogP contribution in [0.1, 0.15) is 31.7 Å². The molecule has 1 aliphatic heterocycles. The molecule has 2 rings (SSSR count). The zero-order valence-corrected chi connectivity index (χ0v) is 12.3. The Bertz CT molecular complexity index is 474. The van der Waals surface area contributed by atoms with Crippen molar-refractivity contribution >= 4 is 12.1 Å². The molecule has 1 saturated heterocycles. The van der Waals surface area contributed by atoms with Gasteiger partial charge in [0.15, 0.2) is 0 Å². The molecule has 0 bridgehead atoms. The van der Waals surface area contributed by atoms with Crippen LogP contribution in [0.15, 0.2) is 30.3 Å². The molecule has 5 heteroatoms. The number of hydrogen-bond acceptors (Lipinski definition) is 4. The average molecular weight is 291 g/mol. The number of piperidine rings is 1. The van der Waals surface area contributed by atoms with Gasteiger partial charge in [-0.3, -0.25) is 4.79 Å². The van der Waals surface area contributed by atoms with Gasteiger partial charge in [0, 0.05) is 13.0 Å². The monoisotopic (exact) mass is 291 g/mol. The van der Waals surface area contributed by atoms with Crippen molar-refractivity contribution in [2.75, 3.05) is 13.1 Å². The zero-order valence-electron chi connectivity index (χ0n) is 12.3. The van der Waals surface area contributed by atoms with Gasteiger partial charge in [-0.05, 0) is 18.4 Å². The first kappa shape index (κ1) is 15.4. The lowest BCUT2D eigenvalue weighted by atomic mass is 10.1. The Morgan fingerprint density at radius 3 is 2.76 bits per heavy atom. The van der Waals surface area contributed by atoms with E-state index in [9.17, 15) is 9.59 Å². The van der Waals surface area contributed by atoms with E-state index in [1.165, 1.54) is 0 Å². The van der Waals surface area contributed by atoms with Gasteiger partial charge in [0.25, 0.3) is 0 Å². The van der Waals surface area contributed by atoms with E-state index in [0.717, 1.165) is 18.4 Å². The maximum Gasteiger partial charge on any atom is 0.410 e. The van der Waals surface area contributed by atoms with Crippen molar-refractivity contribution in [1.29, 1.82) is 0 Å². The normalized spacial score (nSPS) is 18.1. The molecular weight excluding hydrogens is 270 g/mol. The van der Waals surface area contributed by atoms with Crippen molar-refractivity contribution < 1.29 is 19.1 Å². The Balaban J connectivity index is 1.80. The topological polar surface area (TPSA) is 55.8 Å². The summed E-state index contributed by atoms with van der Waals surface area (Å²) in [6.07, 6.45) is 1.41. The minimum absolute atomic E-state index is 0.213. The molecule has 1 atom stereocenters. The van der Waals surface area contributed by atoms with Crippen molar-refractivity contribution in [3.63, 3.8) is 0 Å². The summed E-state index contributed by atoms with van der Waals surface area (Å²) in [5.74, 6) is -0.223. The summed E-state index contributed by atoms with van der Waals surface area (Å²) in [7, 11) is 0. The lowest BCUT2D eigenvalue weighted by molar-refractivity contribution is -0.150. The standard InChI is InChI=1S/C16H21NO4/c1-2-15(18)21-14-9-6-10-17(11-14)16(19)20-12-13-7-4-3-5-8-13/h3-5,7-8,14H,2,6,9-12H2,1H3. The van der Waals surface area contributed by atoms with Gasteiger partial charge in [-0.1, -0.05) is 37.3 Å². The Hall–Kier alpha value is -2.04. The van der Waals surface area contributed by atoms with Gasteiger partial charge in [0.05, 0.1) is 6.54 Å². The van der Waals surface area contributed by atoms with Gasteiger partial charge < -0.3 is 14.4 Å². The SMILES string of the molecule is CCC(=O)OC1CCCN(C(=O)OCc2ccccc2)C1. The molecule has 0 radical (unpaired) electrons. The van der Waals surface area contributed by atoms with E-state index < -0.39 is 0 Å². The van der Waals surface area contributed by atoms with Crippen LogP contribution in [-0.4, -0.2) is 36.2 Å². The second-order valence-corrected chi connectivity index (χ2v) is 5.09. The molecular formula is C16H21NO4. The van der Waals surface area contributed by atoms with Crippen molar-refractivity contribution in [3.8, 4) is 0 Å². The van der Waals surface area contributed by atoms with E-state index in [0.29, 0.717) is 19.5 Å². The minimum atomic E-state index is -0.351. The average Bonchev–Trinajstić information content (AvgIpc) is 2.53. The van der Waals surface area contributed by atoms with Crippen molar-refractivity contribution in [2.45, 2.75) is 38.9 Å². The molecule has 0 aromatic heterocycles. The zero-order chi connectivity index (χ0) is 15.1.